The molecule has 0 spiro atoms. The van der Waals surface area contributed by atoms with Gasteiger partial charge in [-0.2, -0.15) is 5.10 Å². The van der Waals surface area contributed by atoms with E-state index >= 15 is 0 Å². The van der Waals surface area contributed by atoms with Gasteiger partial charge in [-0.1, -0.05) is 25.4 Å². The zero-order chi connectivity index (χ0) is 12.3. The maximum Gasteiger partial charge on any atom is 0.0847 e. The normalized spacial score (nSPS) is 15.1. The van der Waals surface area contributed by atoms with Crippen LogP contribution in [-0.4, -0.2) is 15.8 Å². The Balaban J connectivity index is 2.87. The molecule has 0 fully saturated rings. The summed E-state index contributed by atoms with van der Waals surface area (Å²) in [7, 11) is 0. The minimum Gasteiger partial charge on any atom is -0.327 e. The lowest BCUT2D eigenvalue weighted by atomic mass is 9.95. The molecule has 0 saturated carbocycles. The molecule has 1 aromatic rings. The Morgan fingerprint density at radius 1 is 1.44 bits per heavy atom. The zero-order valence-electron chi connectivity index (χ0n) is 10.6. The Morgan fingerprint density at radius 3 is 2.56 bits per heavy atom. The molecule has 0 saturated heterocycles. The summed E-state index contributed by atoms with van der Waals surface area (Å²) < 4.78 is 1.98. The molecule has 0 aromatic carbocycles. The van der Waals surface area contributed by atoms with Gasteiger partial charge in [0.25, 0.3) is 0 Å². The van der Waals surface area contributed by atoms with Crippen LogP contribution >= 0.6 is 11.6 Å². The van der Waals surface area contributed by atoms with Crippen molar-refractivity contribution >= 4 is 11.6 Å². The molecule has 2 unspecified atom stereocenters. The van der Waals surface area contributed by atoms with E-state index in [2.05, 4.69) is 25.9 Å². The molecule has 1 rings (SSSR count). The first-order chi connectivity index (χ1) is 7.51. The van der Waals surface area contributed by atoms with Crippen LogP contribution in [0.2, 0.25) is 5.02 Å². The van der Waals surface area contributed by atoms with Gasteiger partial charge in [-0.25, -0.2) is 0 Å². The lowest BCUT2D eigenvalue weighted by Gasteiger charge is -2.18. The molecule has 2 N–H and O–H groups in total. The van der Waals surface area contributed by atoms with E-state index in [0.717, 1.165) is 35.8 Å². The summed E-state index contributed by atoms with van der Waals surface area (Å²) in [5, 5.41) is 5.21. The molecule has 1 heterocycles. The van der Waals surface area contributed by atoms with Crippen LogP contribution < -0.4 is 5.73 Å². The third-order valence-electron chi connectivity index (χ3n) is 3.17. The van der Waals surface area contributed by atoms with Crippen molar-refractivity contribution in [3.8, 4) is 0 Å². The van der Waals surface area contributed by atoms with Gasteiger partial charge in [-0.05, 0) is 32.6 Å². The summed E-state index contributed by atoms with van der Waals surface area (Å²) >= 11 is 6.26. The number of halogens is 1. The molecule has 16 heavy (non-hydrogen) atoms. The number of rotatable bonds is 5. The van der Waals surface area contributed by atoms with Gasteiger partial charge in [0, 0.05) is 12.6 Å². The predicted molar refractivity (Wildman–Crippen MR) is 68.8 cm³/mol. The van der Waals surface area contributed by atoms with E-state index in [1.807, 2.05) is 11.6 Å². The summed E-state index contributed by atoms with van der Waals surface area (Å²) in [6.45, 7) is 9.17. The van der Waals surface area contributed by atoms with E-state index in [4.69, 9.17) is 17.3 Å². The first kappa shape index (κ1) is 13.5. The maximum atomic E-state index is 6.26. The largest absolute Gasteiger partial charge is 0.327 e. The second-order valence-corrected chi connectivity index (χ2v) is 4.79. The Bertz CT molecular complexity index is 346. The Labute approximate surface area is 103 Å². The highest BCUT2D eigenvalue weighted by Crippen LogP contribution is 2.24. The van der Waals surface area contributed by atoms with Crippen molar-refractivity contribution in [3.05, 3.63) is 16.4 Å². The third kappa shape index (κ3) is 2.77. The minimum absolute atomic E-state index is 0.233. The summed E-state index contributed by atoms with van der Waals surface area (Å²) in [6, 6.07) is 0.233. The van der Waals surface area contributed by atoms with Crippen LogP contribution in [-0.2, 0) is 13.0 Å². The van der Waals surface area contributed by atoms with Crippen molar-refractivity contribution < 1.29 is 0 Å². The fraction of sp³-hybridized carbons (Fsp3) is 0.750. The van der Waals surface area contributed by atoms with Gasteiger partial charge in [0.2, 0.25) is 0 Å². The van der Waals surface area contributed by atoms with Gasteiger partial charge < -0.3 is 5.73 Å². The van der Waals surface area contributed by atoms with Crippen LogP contribution in [0.1, 0.15) is 38.6 Å². The molecule has 0 radical (unpaired) electrons. The smallest absolute Gasteiger partial charge is 0.0847 e. The second kappa shape index (κ2) is 5.69. The number of hydrogen-bond acceptors (Lipinski definition) is 2. The molecule has 0 aliphatic heterocycles. The summed E-state index contributed by atoms with van der Waals surface area (Å²) in [5.74, 6) is 0.434. The SMILES string of the molecule is CCC(N)C(C)Cc1c(Cl)c(C)nn1CC. The topological polar surface area (TPSA) is 43.8 Å². The summed E-state index contributed by atoms with van der Waals surface area (Å²) in [5.41, 5.74) is 8.08. The third-order valence-corrected chi connectivity index (χ3v) is 3.66. The molecule has 2 atom stereocenters. The standard InChI is InChI=1S/C12H22ClN3/c1-5-10(14)8(3)7-11-12(13)9(4)15-16(11)6-2/h8,10H,5-7,14H2,1-4H3. The van der Waals surface area contributed by atoms with Crippen molar-refractivity contribution in [3.63, 3.8) is 0 Å². The predicted octanol–water partition coefficient (Wildman–Crippen LogP) is 2.78. The summed E-state index contributed by atoms with van der Waals surface area (Å²) in [4.78, 5) is 0. The molecule has 4 heteroatoms. The monoisotopic (exact) mass is 243 g/mol. The van der Waals surface area contributed by atoms with Crippen LogP contribution in [0.25, 0.3) is 0 Å². The highest BCUT2D eigenvalue weighted by Gasteiger charge is 2.18. The van der Waals surface area contributed by atoms with Crippen molar-refractivity contribution in [2.45, 2.75) is 53.1 Å². The van der Waals surface area contributed by atoms with E-state index < -0.39 is 0 Å². The quantitative estimate of drug-likeness (QED) is 0.864. The molecule has 92 valence electrons. The fourth-order valence-corrected chi connectivity index (χ4v) is 2.14. The van der Waals surface area contributed by atoms with E-state index in [0.29, 0.717) is 5.92 Å². The van der Waals surface area contributed by atoms with E-state index in [1.54, 1.807) is 0 Å². The highest BCUT2D eigenvalue weighted by molar-refractivity contribution is 6.31. The van der Waals surface area contributed by atoms with Gasteiger partial charge in [-0.15, -0.1) is 0 Å². The van der Waals surface area contributed by atoms with Gasteiger partial charge in [0.05, 0.1) is 16.4 Å². The zero-order valence-corrected chi connectivity index (χ0v) is 11.4. The Morgan fingerprint density at radius 2 is 2.06 bits per heavy atom. The minimum atomic E-state index is 0.233. The van der Waals surface area contributed by atoms with Crippen molar-refractivity contribution in [1.82, 2.24) is 9.78 Å². The number of aryl methyl sites for hydroxylation is 2. The molecule has 1 aromatic heterocycles. The van der Waals surface area contributed by atoms with Crippen LogP contribution in [0.5, 0.6) is 0 Å². The Hall–Kier alpha value is -0.540. The van der Waals surface area contributed by atoms with E-state index in [9.17, 15) is 0 Å². The highest BCUT2D eigenvalue weighted by atomic mass is 35.5. The Kier molecular flexibility index (Phi) is 4.81. The maximum absolute atomic E-state index is 6.26. The van der Waals surface area contributed by atoms with Crippen molar-refractivity contribution in [2.75, 3.05) is 0 Å². The molecule has 0 aliphatic carbocycles. The fourth-order valence-electron chi connectivity index (χ4n) is 1.92. The molecule has 0 aliphatic rings. The number of hydrogen-bond donors (Lipinski definition) is 1. The average Bonchev–Trinajstić information content (AvgIpc) is 2.55. The van der Waals surface area contributed by atoms with Crippen LogP contribution in [0, 0.1) is 12.8 Å². The van der Waals surface area contributed by atoms with Gasteiger partial charge in [0.1, 0.15) is 0 Å². The van der Waals surface area contributed by atoms with E-state index in [1.165, 1.54) is 0 Å². The first-order valence-electron chi connectivity index (χ1n) is 5.98. The van der Waals surface area contributed by atoms with Crippen LogP contribution in [0.3, 0.4) is 0 Å². The van der Waals surface area contributed by atoms with Crippen molar-refractivity contribution in [2.24, 2.45) is 11.7 Å². The first-order valence-corrected chi connectivity index (χ1v) is 6.36. The molecular formula is C12H22ClN3. The number of nitrogens with zero attached hydrogens (tertiary/aromatic N) is 2. The van der Waals surface area contributed by atoms with Gasteiger partial charge in [-0.3, -0.25) is 4.68 Å². The molecule has 3 nitrogen and oxygen atoms in total. The van der Waals surface area contributed by atoms with Gasteiger partial charge in [0.15, 0.2) is 0 Å². The lowest BCUT2D eigenvalue weighted by molar-refractivity contribution is 0.427. The number of nitrogens with two attached hydrogens (primary N) is 1. The van der Waals surface area contributed by atoms with Crippen LogP contribution in [0.4, 0.5) is 0 Å². The average molecular weight is 244 g/mol. The van der Waals surface area contributed by atoms with Crippen molar-refractivity contribution in [1.29, 1.82) is 0 Å². The lowest BCUT2D eigenvalue weighted by Crippen LogP contribution is -2.29. The van der Waals surface area contributed by atoms with E-state index in [-0.39, 0.29) is 6.04 Å². The molecule has 0 amide bonds. The molecule has 0 bridgehead atoms. The summed E-state index contributed by atoms with van der Waals surface area (Å²) in [6.07, 6.45) is 1.90. The number of aromatic nitrogens is 2. The van der Waals surface area contributed by atoms with Gasteiger partial charge >= 0.3 is 0 Å². The second-order valence-electron chi connectivity index (χ2n) is 4.42. The molecular weight excluding hydrogens is 222 g/mol. The van der Waals surface area contributed by atoms with Crippen LogP contribution in [0.15, 0.2) is 0 Å².